The first-order chi connectivity index (χ1) is 25.1. The van der Waals surface area contributed by atoms with E-state index in [0.717, 1.165) is 110 Å². The standard InChI is InChI=1S/C40H29N3O8/c1-42-13-25-21(7-9-27-37(25)48-15-44-27)23-5-3-19-11-29-39(50-17-46-29)33(31(19)35(23)42)41-34-32-20(12-30-40(34)51-18-47-30)4-6-24-22-8-10-28-38(49-16-45-28)26(22)14-43(2)36(24)32/h3-14,33-34,41H,15-18H2,1-2H3. The Bertz CT molecular complexity index is 2670. The average molecular weight is 680 g/mol. The van der Waals surface area contributed by atoms with Crippen molar-refractivity contribution in [1.29, 1.82) is 0 Å². The van der Waals surface area contributed by atoms with Crippen molar-refractivity contribution in [3.8, 4) is 23.0 Å². The average Bonchev–Trinajstić information content (AvgIpc) is 3.98. The van der Waals surface area contributed by atoms with Gasteiger partial charge in [-0.1, -0.05) is 24.3 Å². The number of hydrogen-bond donors (Lipinski definition) is 1. The number of anilines is 2. The molecule has 12 rings (SSSR count). The Morgan fingerprint density at radius 3 is 1.45 bits per heavy atom. The quantitative estimate of drug-likeness (QED) is 0.339. The van der Waals surface area contributed by atoms with Gasteiger partial charge >= 0.3 is 0 Å². The Kier molecular flexibility index (Phi) is 5.27. The Hall–Kier alpha value is -6.20. The van der Waals surface area contributed by atoms with Crippen molar-refractivity contribution in [2.45, 2.75) is 12.1 Å². The zero-order valence-electron chi connectivity index (χ0n) is 27.6. The molecule has 2 unspecified atom stereocenters. The van der Waals surface area contributed by atoms with Gasteiger partial charge < -0.3 is 47.7 Å². The predicted octanol–water partition coefficient (Wildman–Crippen LogP) is 2.49. The summed E-state index contributed by atoms with van der Waals surface area (Å²) < 4.78 is 48.0. The van der Waals surface area contributed by atoms with Crippen molar-refractivity contribution in [1.82, 2.24) is 5.32 Å². The summed E-state index contributed by atoms with van der Waals surface area (Å²) in [4.78, 5) is 4.35. The maximum atomic E-state index is 6.31. The summed E-state index contributed by atoms with van der Waals surface area (Å²) >= 11 is 0. The van der Waals surface area contributed by atoms with Crippen LogP contribution in [-0.4, -0.2) is 41.3 Å². The van der Waals surface area contributed by atoms with Crippen LogP contribution in [0.3, 0.4) is 0 Å². The molecule has 0 spiro atoms. The minimum Gasteiger partial charge on any atom is -0.456 e. The van der Waals surface area contributed by atoms with Gasteiger partial charge in [-0.3, -0.25) is 5.32 Å². The van der Waals surface area contributed by atoms with Crippen LogP contribution in [0.4, 0.5) is 11.4 Å². The van der Waals surface area contributed by atoms with Crippen molar-refractivity contribution in [2.24, 2.45) is 0 Å². The largest absolute Gasteiger partial charge is 0.456 e. The zero-order chi connectivity index (χ0) is 33.5. The second-order valence-corrected chi connectivity index (χ2v) is 13.5. The molecule has 2 atom stereocenters. The van der Waals surface area contributed by atoms with Gasteiger partial charge in [-0.25, -0.2) is 0 Å². The number of allylic oxidation sites excluding steroid dienone is 2. The SMILES string of the molecule is CN1C=c2c3c(ccc2=c2ccc4c(c21)C(NC1C2=C(C=c5ccc6c(c51)N(C)C=c1c5c(ccc1=6)OCO5)OCO2)C1=C(C=4)OCO1)OCO3. The van der Waals surface area contributed by atoms with E-state index >= 15 is 0 Å². The number of fused-ring (bicyclic) bond motifs is 12. The van der Waals surface area contributed by atoms with Gasteiger partial charge in [0.15, 0.2) is 46.0 Å². The lowest BCUT2D eigenvalue weighted by Gasteiger charge is -2.35. The van der Waals surface area contributed by atoms with Crippen LogP contribution in [-0.2, 0) is 18.9 Å². The molecule has 0 radical (unpaired) electrons. The number of ether oxygens (including phenoxy) is 8. The fraction of sp³-hybridized carbons (Fsp3) is 0.200. The van der Waals surface area contributed by atoms with Crippen LogP contribution in [0.1, 0.15) is 23.2 Å². The molecule has 0 aromatic heterocycles. The first kappa shape index (κ1) is 27.6. The van der Waals surface area contributed by atoms with Crippen molar-refractivity contribution in [3.05, 3.63) is 124 Å². The summed E-state index contributed by atoms with van der Waals surface area (Å²) in [7, 11) is 4.15. The zero-order valence-corrected chi connectivity index (χ0v) is 27.6. The number of nitrogens with one attached hydrogen (secondary N) is 1. The monoisotopic (exact) mass is 679 g/mol. The summed E-state index contributed by atoms with van der Waals surface area (Å²) in [6.45, 7) is 0.719. The normalized spacial score (nSPS) is 21.4. The number of nitrogens with zero attached hydrogens (tertiary/aromatic N) is 2. The predicted molar refractivity (Wildman–Crippen MR) is 183 cm³/mol. The molecule has 8 aliphatic rings. The molecule has 0 amide bonds. The minimum absolute atomic E-state index is 0.145. The number of hydrogen-bond acceptors (Lipinski definition) is 11. The third kappa shape index (κ3) is 3.60. The van der Waals surface area contributed by atoms with Crippen LogP contribution < -0.4 is 54.9 Å². The number of benzene rings is 4. The van der Waals surface area contributed by atoms with Gasteiger partial charge in [0.1, 0.15) is 0 Å². The van der Waals surface area contributed by atoms with E-state index in [1.807, 2.05) is 12.1 Å². The van der Waals surface area contributed by atoms with E-state index in [2.05, 4.69) is 90.2 Å². The molecule has 1 N–H and O–H groups in total. The summed E-state index contributed by atoms with van der Waals surface area (Å²) in [5.41, 5.74) is 4.30. The van der Waals surface area contributed by atoms with E-state index < -0.39 is 12.1 Å². The van der Waals surface area contributed by atoms with Gasteiger partial charge in [0, 0.05) is 58.5 Å². The fourth-order valence-electron chi connectivity index (χ4n) is 8.83. The second kappa shape index (κ2) is 9.73. The molecule has 6 aliphatic heterocycles. The van der Waals surface area contributed by atoms with Crippen molar-refractivity contribution >= 4 is 35.9 Å². The molecular weight excluding hydrogens is 650 g/mol. The van der Waals surface area contributed by atoms with Crippen LogP contribution in [0.25, 0.3) is 24.6 Å². The topological polar surface area (TPSA) is 92.4 Å². The first-order valence-corrected chi connectivity index (χ1v) is 16.9. The fourth-order valence-corrected chi connectivity index (χ4v) is 8.83. The third-order valence-corrected chi connectivity index (χ3v) is 10.9. The highest BCUT2D eigenvalue weighted by molar-refractivity contribution is 5.75. The smallest absolute Gasteiger partial charge is 0.231 e. The number of rotatable bonds is 2. The third-order valence-electron chi connectivity index (χ3n) is 10.9. The molecule has 4 aromatic rings. The van der Waals surface area contributed by atoms with Gasteiger partial charge in [0.2, 0.25) is 27.2 Å². The van der Waals surface area contributed by atoms with Crippen molar-refractivity contribution in [3.63, 3.8) is 0 Å². The van der Waals surface area contributed by atoms with Crippen molar-refractivity contribution in [2.75, 3.05) is 51.1 Å². The molecule has 0 saturated heterocycles. The summed E-state index contributed by atoms with van der Waals surface area (Å²) in [5, 5.41) is 12.5. The molecule has 0 saturated carbocycles. The Labute approximate surface area is 289 Å². The van der Waals surface area contributed by atoms with Crippen LogP contribution in [0.15, 0.2) is 71.6 Å². The minimum atomic E-state index is -0.396. The highest BCUT2D eigenvalue weighted by Gasteiger charge is 2.41. The Morgan fingerprint density at radius 1 is 0.510 bits per heavy atom. The van der Waals surface area contributed by atoms with Gasteiger partial charge in [0.25, 0.3) is 0 Å². The van der Waals surface area contributed by atoms with Crippen LogP contribution in [0.5, 0.6) is 23.0 Å². The Morgan fingerprint density at radius 2 is 0.961 bits per heavy atom. The molecule has 6 heterocycles. The van der Waals surface area contributed by atoms with Crippen LogP contribution >= 0.6 is 0 Å². The first-order valence-electron chi connectivity index (χ1n) is 16.9. The Balaban J connectivity index is 1.11. The van der Waals surface area contributed by atoms with Gasteiger partial charge in [-0.15, -0.1) is 0 Å². The maximum absolute atomic E-state index is 6.31. The lowest BCUT2D eigenvalue weighted by atomic mass is 9.88. The molecule has 11 heteroatoms. The van der Waals surface area contributed by atoms with E-state index in [1.165, 1.54) is 0 Å². The lowest BCUT2D eigenvalue weighted by molar-refractivity contribution is 0.0634. The molecule has 0 bridgehead atoms. The molecule has 0 fully saturated rings. The van der Waals surface area contributed by atoms with E-state index in [4.69, 9.17) is 37.9 Å². The van der Waals surface area contributed by atoms with Crippen LogP contribution in [0, 0.1) is 20.9 Å². The van der Waals surface area contributed by atoms with Gasteiger partial charge in [-0.05, 0) is 57.3 Å². The molecule has 51 heavy (non-hydrogen) atoms. The van der Waals surface area contributed by atoms with Crippen molar-refractivity contribution < 1.29 is 37.9 Å². The molecular formula is C40H29N3O8. The van der Waals surface area contributed by atoms with E-state index in [1.54, 1.807) is 0 Å². The molecule has 2 aliphatic carbocycles. The molecule has 4 aromatic carbocycles. The van der Waals surface area contributed by atoms with E-state index in [0.29, 0.717) is 0 Å². The summed E-state index contributed by atoms with van der Waals surface area (Å²) in [6, 6.07) is 16.1. The summed E-state index contributed by atoms with van der Waals surface area (Å²) in [5.74, 6) is 5.97. The van der Waals surface area contributed by atoms with E-state index in [9.17, 15) is 0 Å². The molecule has 11 nitrogen and oxygen atoms in total. The maximum Gasteiger partial charge on any atom is 0.231 e. The highest BCUT2D eigenvalue weighted by Crippen LogP contribution is 2.44. The van der Waals surface area contributed by atoms with Gasteiger partial charge in [-0.2, -0.15) is 0 Å². The second-order valence-electron chi connectivity index (χ2n) is 13.5. The van der Waals surface area contributed by atoms with E-state index in [-0.39, 0.29) is 27.2 Å². The lowest BCUT2D eigenvalue weighted by Crippen LogP contribution is -2.40. The van der Waals surface area contributed by atoms with Crippen LogP contribution in [0.2, 0.25) is 0 Å². The molecule has 252 valence electrons. The van der Waals surface area contributed by atoms with Gasteiger partial charge in [0.05, 0.1) is 23.5 Å². The highest BCUT2D eigenvalue weighted by atomic mass is 16.7. The summed E-state index contributed by atoms with van der Waals surface area (Å²) in [6.07, 6.45) is 8.41.